The fraction of sp³-hybridized carbons (Fsp3) is 0.357. The van der Waals surface area contributed by atoms with E-state index in [1.54, 1.807) is 11.3 Å². The zero-order chi connectivity index (χ0) is 12.1. The van der Waals surface area contributed by atoms with Gasteiger partial charge in [-0.15, -0.1) is 11.3 Å². The monoisotopic (exact) mass is 247 g/mol. The van der Waals surface area contributed by atoms with E-state index >= 15 is 0 Å². The van der Waals surface area contributed by atoms with Gasteiger partial charge in [0.2, 0.25) is 0 Å². The van der Waals surface area contributed by atoms with Gasteiger partial charge in [-0.05, 0) is 12.0 Å². The molecule has 1 N–H and O–H groups in total. The molecule has 2 rings (SSSR count). The smallest absolute Gasteiger partial charge is 0.0794 e. The van der Waals surface area contributed by atoms with Crippen molar-refractivity contribution < 1.29 is 5.11 Å². The van der Waals surface area contributed by atoms with E-state index in [-0.39, 0.29) is 0 Å². The van der Waals surface area contributed by atoms with Crippen LogP contribution in [0.2, 0.25) is 0 Å². The van der Waals surface area contributed by atoms with Gasteiger partial charge in [-0.2, -0.15) is 0 Å². The highest BCUT2D eigenvalue weighted by atomic mass is 32.1. The van der Waals surface area contributed by atoms with Crippen LogP contribution >= 0.6 is 11.3 Å². The van der Waals surface area contributed by atoms with Gasteiger partial charge in [0.15, 0.2) is 0 Å². The lowest BCUT2D eigenvalue weighted by Crippen LogP contribution is -2.33. The van der Waals surface area contributed by atoms with E-state index in [9.17, 15) is 5.11 Å². The molecule has 0 fully saturated rings. The van der Waals surface area contributed by atoms with Gasteiger partial charge in [-0.3, -0.25) is 4.98 Å². The first-order valence-corrected chi connectivity index (χ1v) is 6.73. The second-order valence-electron chi connectivity index (χ2n) is 4.38. The van der Waals surface area contributed by atoms with Gasteiger partial charge in [-0.25, -0.2) is 0 Å². The molecule has 0 saturated carbocycles. The van der Waals surface area contributed by atoms with Crippen molar-refractivity contribution in [3.05, 3.63) is 52.5 Å². The molecule has 0 bridgehead atoms. The van der Waals surface area contributed by atoms with Gasteiger partial charge in [0.25, 0.3) is 0 Å². The van der Waals surface area contributed by atoms with Crippen LogP contribution < -0.4 is 0 Å². The van der Waals surface area contributed by atoms with Crippen LogP contribution in [0.15, 0.2) is 42.0 Å². The minimum Gasteiger partial charge on any atom is -0.389 e. The number of benzene rings is 1. The molecule has 0 radical (unpaired) electrons. The molecule has 1 heterocycles. The van der Waals surface area contributed by atoms with Gasteiger partial charge >= 0.3 is 0 Å². The average molecular weight is 247 g/mol. The number of hydrogen-bond donors (Lipinski definition) is 1. The average Bonchev–Trinajstić information content (AvgIpc) is 2.83. The number of thiazole rings is 1. The predicted molar refractivity (Wildman–Crippen MR) is 71.2 cm³/mol. The zero-order valence-corrected chi connectivity index (χ0v) is 10.8. The van der Waals surface area contributed by atoms with Crippen molar-refractivity contribution in [2.24, 2.45) is 0 Å². The molecule has 17 heavy (non-hydrogen) atoms. The van der Waals surface area contributed by atoms with Gasteiger partial charge < -0.3 is 5.11 Å². The number of rotatable bonds is 5. The molecule has 0 saturated heterocycles. The Morgan fingerprint density at radius 3 is 2.59 bits per heavy atom. The van der Waals surface area contributed by atoms with E-state index in [1.807, 2.05) is 36.8 Å². The first-order valence-electron chi connectivity index (χ1n) is 5.85. The Balaban J connectivity index is 2.09. The molecule has 0 aliphatic rings. The van der Waals surface area contributed by atoms with E-state index in [1.165, 1.54) is 5.56 Å². The Hall–Kier alpha value is -1.19. The van der Waals surface area contributed by atoms with Gasteiger partial charge in [0.1, 0.15) is 0 Å². The van der Waals surface area contributed by atoms with Crippen LogP contribution in [0.25, 0.3) is 0 Å². The Kier molecular flexibility index (Phi) is 3.92. The van der Waals surface area contributed by atoms with Crippen molar-refractivity contribution in [1.82, 2.24) is 4.98 Å². The summed E-state index contributed by atoms with van der Waals surface area (Å²) >= 11 is 1.60. The Morgan fingerprint density at radius 1 is 1.24 bits per heavy atom. The maximum atomic E-state index is 10.6. The molecule has 0 aliphatic heterocycles. The van der Waals surface area contributed by atoms with Crippen molar-refractivity contribution in [2.45, 2.75) is 31.8 Å². The summed E-state index contributed by atoms with van der Waals surface area (Å²) in [6, 6.07) is 10.1. The van der Waals surface area contributed by atoms with E-state index in [2.05, 4.69) is 17.1 Å². The molecule has 0 amide bonds. The molecule has 1 unspecified atom stereocenters. The summed E-state index contributed by atoms with van der Waals surface area (Å²) in [4.78, 5) is 5.20. The lowest BCUT2D eigenvalue weighted by atomic mass is 9.88. The number of hydrogen-bond acceptors (Lipinski definition) is 3. The molecular formula is C14H17NOS. The van der Waals surface area contributed by atoms with Gasteiger partial charge in [-0.1, -0.05) is 37.3 Å². The molecule has 1 atom stereocenters. The third kappa shape index (κ3) is 3.38. The van der Waals surface area contributed by atoms with Crippen LogP contribution in [0, 0.1) is 0 Å². The zero-order valence-electron chi connectivity index (χ0n) is 9.97. The van der Waals surface area contributed by atoms with Crippen LogP contribution in [0.5, 0.6) is 0 Å². The highest BCUT2D eigenvalue weighted by molar-refractivity contribution is 7.09. The fourth-order valence-electron chi connectivity index (χ4n) is 1.94. The van der Waals surface area contributed by atoms with E-state index in [0.29, 0.717) is 12.8 Å². The second kappa shape index (κ2) is 5.43. The molecule has 1 aromatic heterocycles. The van der Waals surface area contributed by atoms with Crippen molar-refractivity contribution in [1.29, 1.82) is 0 Å². The van der Waals surface area contributed by atoms with Gasteiger partial charge in [0, 0.05) is 23.9 Å². The number of aromatic nitrogens is 1. The lowest BCUT2D eigenvalue weighted by Gasteiger charge is -2.26. The molecule has 1 aromatic carbocycles. The minimum absolute atomic E-state index is 0.659. The van der Waals surface area contributed by atoms with Crippen LogP contribution in [0.3, 0.4) is 0 Å². The molecule has 2 nitrogen and oxygen atoms in total. The summed E-state index contributed by atoms with van der Waals surface area (Å²) in [6.45, 7) is 2.03. The molecule has 90 valence electrons. The van der Waals surface area contributed by atoms with Crippen molar-refractivity contribution in [3.63, 3.8) is 0 Å². The summed E-state index contributed by atoms with van der Waals surface area (Å²) in [5.74, 6) is 0. The summed E-state index contributed by atoms with van der Waals surface area (Å²) < 4.78 is 0. The highest BCUT2D eigenvalue weighted by Crippen LogP contribution is 2.24. The normalized spacial score (nSPS) is 14.5. The van der Waals surface area contributed by atoms with Gasteiger partial charge in [0.05, 0.1) is 11.1 Å². The lowest BCUT2D eigenvalue weighted by molar-refractivity contribution is 0.0376. The number of aliphatic hydroxyl groups is 1. The summed E-state index contributed by atoms with van der Waals surface area (Å²) in [5, 5.41) is 10.6. The third-order valence-corrected chi connectivity index (χ3v) is 3.80. The quantitative estimate of drug-likeness (QED) is 0.881. The summed E-state index contributed by atoms with van der Waals surface area (Å²) in [6.07, 6.45) is 3.97. The second-order valence-corrected chi connectivity index (χ2v) is 5.36. The van der Waals surface area contributed by atoms with Crippen molar-refractivity contribution in [3.8, 4) is 0 Å². The molecule has 3 heteroatoms. The Bertz CT molecular complexity index is 441. The molecule has 0 aliphatic carbocycles. The largest absolute Gasteiger partial charge is 0.389 e. The molecule has 0 spiro atoms. The molecule has 2 aromatic rings. The first-order chi connectivity index (χ1) is 8.22. The maximum absolute atomic E-state index is 10.6. The fourth-order valence-corrected chi connectivity index (χ4v) is 2.67. The van der Waals surface area contributed by atoms with Crippen molar-refractivity contribution >= 4 is 11.3 Å². The predicted octanol–water partition coefficient (Wildman–Crippen LogP) is 3.07. The van der Waals surface area contributed by atoms with Crippen LogP contribution in [0.1, 0.15) is 23.8 Å². The topological polar surface area (TPSA) is 33.1 Å². The SMILES string of the molecule is CCC(O)(Cc1ccccc1)Cc1cncs1. The first kappa shape index (κ1) is 12.3. The molecular weight excluding hydrogens is 230 g/mol. The van der Waals surface area contributed by atoms with Crippen LogP contribution in [-0.2, 0) is 12.8 Å². The van der Waals surface area contributed by atoms with Crippen LogP contribution in [0.4, 0.5) is 0 Å². The standard InChI is InChI=1S/C14H17NOS/c1-2-14(16,9-13-10-15-11-17-13)8-12-6-4-3-5-7-12/h3-7,10-11,16H,2,8-9H2,1H3. The van der Waals surface area contributed by atoms with Crippen LogP contribution in [-0.4, -0.2) is 15.7 Å². The maximum Gasteiger partial charge on any atom is 0.0794 e. The van der Waals surface area contributed by atoms with E-state index in [4.69, 9.17) is 0 Å². The Labute approximate surface area is 106 Å². The highest BCUT2D eigenvalue weighted by Gasteiger charge is 2.26. The third-order valence-electron chi connectivity index (χ3n) is 3.02. The summed E-state index contributed by atoms with van der Waals surface area (Å²) in [7, 11) is 0. The summed E-state index contributed by atoms with van der Waals surface area (Å²) in [5.41, 5.74) is 2.34. The van der Waals surface area contributed by atoms with Crippen molar-refractivity contribution in [2.75, 3.05) is 0 Å². The van der Waals surface area contributed by atoms with E-state index in [0.717, 1.165) is 11.3 Å². The van der Waals surface area contributed by atoms with E-state index < -0.39 is 5.60 Å². The number of nitrogens with zero attached hydrogens (tertiary/aromatic N) is 1. The Morgan fingerprint density at radius 2 is 2.00 bits per heavy atom. The minimum atomic E-state index is -0.659.